The monoisotopic (exact) mass is 327 g/mol. The Morgan fingerprint density at radius 2 is 1.54 bits per heavy atom. The molecule has 5 heteroatoms. The average molecular weight is 327 g/mol. The second kappa shape index (κ2) is 6.83. The van der Waals surface area contributed by atoms with Gasteiger partial charge in [0.25, 0.3) is 0 Å². The molecule has 0 aromatic heterocycles. The highest BCUT2D eigenvalue weighted by molar-refractivity contribution is 6.14. The van der Waals surface area contributed by atoms with Gasteiger partial charge in [0, 0.05) is 5.56 Å². The molecular formula is C19H21NO4. The Morgan fingerprint density at radius 3 is 2.04 bits per heavy atom. The highest BCUT2D eigenvalue weighted by atomic mass is 16.5. The van der Waals surface area contributed by atoms with Crippen molar-refractivity contribution in [3.05, 3.63) is 47.5 Å². The fraction of sp³-hybridized carbons (Fsp3) is 0.316. The Balaban J connectivity index is 1.82. The number of methoxy groups -OCH3 is 3. The van der Waals surface area contributed by atoms with E-state index >= 15 is 0 Å². The maximum atomic E-state index is 5.47. The minimum absolute atomic E-state index is 0.0727. The van der Waals surface area contributed by atoms with Gasteiger partial charge < -0.3 is 18.9 Å². The van der Waals surface area contributed by atoms with E-state index in [4.69, 9.17) is 18.9 Å². The molecule has 126 valence electrons. The zero-order valence-corrected chi connectivity index (χ0v) is 14.3. The third-order valence-electron chi connectivity index (χ3n) is 3.93. The molecule has 1 aliphatic heterocycles. The zero-order valence-electron chi connectivity index (χ0n) is 14.3. The summed E-state index contributed by atoms with van der Waals surface area (Å²) < 4.78 is 21.6. The first-order valence-electron chi connectivity index (χ1n) is 7.82. The van der Waals surface area contributed by atoms with Crippen LogP contribution in [0.3, 0.4) is 0 Å². The van der Waals surface area contributed by atoms with Crippen LogP contribution in [0.4, 0.5) is 0 Å². The van der Waals surface area contributed by atoms with Gasteiger partial charge in [0.2, 0.25) is 5.75 Å². The average Bonchev–Trinajstić information content (AvgIpc) is 3.42. The third kappa shape index (κ3) is 3.02. The molecule has 0 saturated carbocycles. The van der Waals surface area contributed by atoms with Crippen molar-refractivity contribution in [2.45, 2.75) is 13.0 Å². The molecule has 2 aromatic rings. The molecule has 1 heterocycles. The first-order chi connectivity index (χ1) is 11.7. The molecule has 0 fully saturated rings. The second-order valence-corrected chi connectivity index (χ2v) is 5.33. The Morgan fingerprint density at radius 1 is 0.917 bits per heavy atom. The number of hydrogen-bond acceptors (Lipinski definition) is 5. The molecule has 5 nitrogen and oxygen atoms in total. The fourth-order valence-corrected chi connectivity index (χ4v) is 2.71. The van der Waals surface area contributed by atoms with Gasteiger partial charge in [-0.3, -0.25) is 4.99 Å². The summed E-state index contributed by atoms with van der Waals surface area (Å²) >= 11 is 0. The van der Waals surface area contributed by atoms with E-state index in [0.717, 1.165) is 22.6 Å². The number of aliphatic imine (C=N–C) groups is 1. The van der Waals surface area contributed by atoms with Crippen molar-refractivity contribution in [2.75, 3.05) is 27.9 Å². The van der Waals surface area contributed by atoms with E-state index in [9.17, 15) is 0 Å². The van der Waals surface area contributed by atoms with Crippen LogP contribution in [0.25, 0.3) is 0 Å². The van der Waals surface area contributed by atoms with E-state index < -0.39 is 0 Å². The number of benzene rings is 2. The first kappa shape index (κ1) is 16.2. The number of ether oxygens (including phenoxy) is 4. The second-order valence-electron chi connectivity index (χ2n) is 5.33. The molecule has 0 spiro atoms. The predicted molar refractivity (Wildman–Crippen MR) is 93.0 cm³/mol. The van der Waals surface area contributed by atoms with E-state index in [-0.39, 0.29) is 6.04 Å². The van der Waals surface area contributed by atoms with Gasteiger partial charge in [-0.25, -0.2) is 0 Å². The first-order valence-corrected chi connectivity index (χ1v) is 7.82. The Labute approximate surface area is 141 Å². The summed E-state index contributed by atoms with van der Waals surface area (Å²) in [7, 11) is 4.82. The van der Waals surface area contributed by atoms with Crippen molar-refractivity contribution < 1.29 is 18.9 Å². The van der Waals surface area contributed by atoms with Gasteiger partial charge in [-0.1, -0.05) is 12.1 Å². The van der Waals surface area contributed by atoms with Crippen LogP contribution in [0.5, 0.6) is 23.0 Å². The van der Waals surface area contributed by atoms with Crippen molar-refractivity contribution in [2.24, 2.45) is 4.99 Å². The summed E-state index contributed by atoms with van der Waals surface area (Å²) in [6, 6.07) is 12.0. The maximum absolute atomic E-state index is 5.47. The number of nitrogens with zero attached hydrogens (tertiary/aromatic N) is 1. The Kier molecular flexibility index (Phi) is 4.60. The highest BCUT2D eigenvalue weighted by Crippen LogP contribution is 2.43. The summed E-state index contributed by atoms with van der Waals surface area (Å²) in [4.78, 5) is 4.60. The van der Waals surface area contributed by atoms with Crippen LogP contribution in [-0.4, -0.2) is 33.6 Å². The highest BCUT2D eigenvalue weighted by Gasteiger charge is 2.32. The van der Waals surface area contributed by atoms with E-state index in [2.05, 4.69) is 4.99 Å². The molecule has 0 amide bonds. The summed E-state index contributed by atoms with van der Waals surface area (Å²) in [5, 5.41) is 0. The van der Waals surface area contributed by atoms with Crippen LogP contribution in [0.2, 0.25) is 0 Å². The topological polar surface area (TPSA) is 49.3 Å². The third-order valence-corrected chi connectivity index (χ3v) is 3.93. The zero-order chi connectivity index (χ0) is 17.1. The molecule has 0 aliphatic carbocycles. The van der Waals surface area contributed by atoms with Gasteiger partial charge in [0.1, 0.15) is 11.8 Å². The molecule has 0 bridgehead atoms. The minimum Gasteiger partial charge on any atom is -0.494 e. The maximum Gasteiger partial charge on any atom is 0.203 e. The van der Waals surface area contributed by atoms with Crippen LogP contribution >= 0.6 is 0 Å². The van der Waals surface area contributed by atoms with Gasteiger partial charge in [0.05, 0.1) is 33.6 Å². The number of rotatable bonds is 7. The Bertz CT molecular complexity index is 727. The molecule has 1 atom stereocenters. The van der Waals surface area contributed by atoms with Crippen LogP contribution in [-0.2, 0) is 0 Å². The lowest BCUT2D eigenvalue weighted by Crippen LogP contribution is -2.00. The lowest BCUT2D eigenvalue weighted by Gasteiger charge is -2.13. The fourth-order valence-electron chi connectivity index (χ4n) is 2.71. The van der Waals surface area contributed by atoms with Gasteiger partial charge in [-0.2, -0.15) is 0 Å². The van der Waals surface area contributed by atoms with Crippen molar-refractivity contribution in [1.82, 2.24) is 0 Å². The molecule has 1 unspecified atom stereocenters. The van der Waals surface area contributed by atoms with E-state index in [0.29, 0.717) is 23.9 Å². The Hall–Kier alpha value is -2.69. The van der Waals surface area contributed by atoms with Gasteiger partial charge in [0.15, 0.2) is 11.5 Å². The van der Waals surface area contributed by atoms with E-state index in [1.54, 1.807) is 21.3 Å². The van der Waals surface area contributed by atoms with Crippen LogP contribution in [0, 0.1) is 0 Å². The van der Waals surface area contributed by atoms with E-state index in [1.807, 2.05) is 43.3 Å². The van der Waals surface area contributed by atoms with Crippen molar-refractivity contribution in [1.29, 1.82) is 0 Å². The molecule has 1 aliphatic rings. The summed E-state index contributed by atoms with van der Waals surface area (Å²) in [6.07, 6.45) is 0. The van der Waals surface area contributed by atoms with E-state index in [1.165, 1.54) is 0 Å². The van der Waals surface area contributed by atoms with Crippen LogP contribution in [0.15, 0.2) is 41.4 Å². The summed E-state index contributed by atoms with van der Waals surface area (Å²) in [5.41, 5.74) is 3.13. The van der Waals surface area contributed by atoms with Crippen molar-refractivity contribution in [3.63, 3.8) is 0 Å². The lowest BCUT2D eigenvalue weighted by molar-refractivity contribution is 0.324. The van der Waals surface area contributed by atoms with Gasteiger partial charge in [-0.05, 0) is 36.8 Å². The van der Waals surface area contributed by atoms with Crippen LogP contribution in [0.1, 0.15) is 24.1 Å². The molecule has 3 rings (SSSR count). The summed E-state index contributed by atoms with van der Waals surface area (Å²) in [6.45, 7) is 2.64. The quantitative estimate of drug-likeness (QED) is 0.779. The summed E-state index contributed by atoms with van der Waals surface area (Å²) in [5.74, 6) is 2.72. The molecule has 2 aromatic carbocycles. The lowest BCUT2D eigenvalue weighted by atomic mass is 10.0. The van der Waals surface area contributed by atoms with Crippen molar-refractivity contribution >= 4 is 5.71 Å². The normalized spacial score (nSPS) is 15.5. The van der Waals surface area contributed by atoms with Crippen LogP contribution < -0.4 is 18.9 Å². The molecule has 0 N–H and O–H groups in total. The van der Waals surface area contributed by atoms with Gasteiger partial charge in [-0.15, -0.1) is 0 Å². The molecule has 0 radical (unpaired) electrons. The van der Waals surface area contributed by atoms with Crippen molar-refractivity contribution in [3.8, 4) is 23.0 Å². The predicted octanol–water partition coefficient (Wildman–Crippen LogP) is 3.66. The minimum atomic E-state index is 0.0727. The smallest absolute Gasteiger partial charge is 0.203 e. The standard InChI is InChI=1S/C19H21NO4/c1-5-24-14-8-6-12(7-9-14)17-18(20-17)13-10-15(21-2)19(23-4)16(11-13)22-3/h6-11,17H,5H2,1-4H3. The van der Waals surface area contributed by atoms with Gasteiger partial charge >= 0.3 is 0 Å². The molecular weight excluding hydrogens is 306 g/mol. The SMILES string of the molecule is CCOc1ccc(C2N=C2c2cc(OC)c(OC)c(OC)c2)cc1. The molecule has 24 heavy (non-hydrogen) atoms. The largest absolute Gasteiger partial charge is 0.494 e. The number of hydrogen-bond donors (Lipinski definition) is 0. The molecule has 0 saturated heterocycles.